The van der Waals surface area contributed by atoms with Gasteiger partial charge in [0.2, 0.25) is 0 Å². The van der Waals surface area contributed by atoms with Crippen molar-refractivity contribution in [3.05, 3.63) is 46.2 Å². The third-order valence-corrected chi connectivity index (χ3v) is 5.35. The molecule has 0 saturated heterocycles. The Kier molecular flexibility index (Phi) is 7.19. The van der Waals surface area contributed by atoms with E-state index in [2.05, 4.69) is 24.2 Å². The lowest BCUT2D eigenvalue weighted by Crippen LogP contribution is -2.40. The summed E-state index contributed by atoms with van der Waals surface area (Å²) >= 11 is 3.37. The first-order valence-corrected chi connectivity index (χ1v) is 9.81. The molecule has 1 aromatic carbocycles. The van der Waals surface area contributed by atoms with Gasteiger partial charge in [-0.05, 0) is 62.4 Å². The molecule has 5 heteroatoms. The average molecular weight is 362 g/mol. The molecule has 0 amide bonds. The predicted molar refractivity (Wildman–Crippen MR) is 103 cm³/mol. The average Bonchev–Trinajstić information content (AvgIpc) is 3.05. The maximum absolute atomic E-state index is 9.18. The van der Waals surface area contributed by atoms with Crippen molar-refractivity contribution < 1.29 is 9.84 Å². The van der Waals surface area contributed by atoms with Crippen molar-refractivity contribution in [3.8, 4) is 17.6 Å². The highest BCUT2D eigenvalue weighted by molar-refractivity contribution is 7.98. The van der Waals surface area contributed by atoms with Crippen LogP contribution in [0, 0.1) is 11.8 Å². The van der Waals surface area contributed by atoms with Crippen LogP contribution in [0.4, 0.5) is 0 Å². The molecule has 3 nitrogen and oxygen atoms in total. The number of nitrogens with two attached hydrogens (primary N) is 1. The standard InChI is InChI=1S/C19H23NO2S2/c1-19(20,14-21)12-11-18-10-9-17(24-18)4-3-13-22-15-5-7-16(23-2)8-6-15/h5-10,21H,11-14,20H2,1-2H3. The van der Waals surface area contributed by atoms with Gasteiger partial charge in [0.1, 0.15) is 12.4 Å². The number of hydrogen-bond donors (Lipinski definition) is 2. The number of ether oxygens (including phenoxy) is 1. The van der Waals surface area contributed by atoms with Gasteiger partial charge in [0.15, 0.2) is 0 Å². The Labute approximate surface area is 152 Å². The summed E-state index contributed by atoms with van der Waals surface area (Å²) in [5, 5.41) is 9.18. The minimum Gasteiger partial charge on any atom is -0.481 e. The van der Waals surface area contributed by atoms with E-state index in [1.165, 1.54) is 9.77 Å². The first-order valence-electron chi connectivity index (χ1n) is 7.76. The number of rotatable bonds is 7. The van der Waals surface area contributed by atoms with Gasteiger partial charge >= 0.3 is 0 Å². The zero-order valence-electron chi connectivity index (χ0n) is 14.0. The number of thioether (sulfide) groups is 1. The van der Waals surface area contributed by atoms with Gasteiger partial charge in [0.05, 0.1) is 11.5 Å². The Hall–Kier alpha value is -1.45. The van der Waals surface area contributed by atoms with Gasteiger partial charge in [-0.25, -0.2) is 0 Å². The van der Waals surface area contributed by atoms with E-state index in [4.69, 9.17) is 10.5 Å². The topological polar surface area (TPSA) is 55.5 Å². The van der Waals surface area contributed by atoms with Crippen LogP contribution < -0.4 is 10.5 Å². The van der Waals surface area contributed by atoms with Crippen molar-refractivity contribution in [1.82, 2.24) is 0 Å². The molecule has 0 aliphatic rings. The molecule has 1 heterocycles. The van der Waals surface area contributed by atoms with Crippen molar-refractivity contribution in [3.63, 3.8) is 0 Å². The third kappa shape index (κ3) is 6.21. The van der Waals surface area contributed by atoms with Crippen LogP contribution in [0.5, 0.6) is 5.75 Å². The molecule has 0 saturated carbocycles. The molecule has 0 bridgehead atoms. The van der Waals surface area contributed by atoms with E-state index in [1.54, 1.807) is 23.1 Å². The molecule has 2 rings (SSSR count). The molecule has 24 heavy (non-hydrogen) atoms. The van der Waals surface area contributed by atoms with Crippen LogP contribution in [0.25, 0.3) is 0 Å². The highest BCUT2D eigenvalue weighted by Crippen LogP contribution is 2.20. The van der Waals surface area contributed by atoms with E-state index >= 15 is 0 Å². The lowest BCUT2D eigenvalue weighted by molar-refractivity contribution is 0.201. The van der Waals surface area contributed by atoms with Crippen molar-refractivity contribution in [2.45, 2.75) is 30.2 Å². The summed E-state index contributed by atoms with van der Waals surface area (Å²) in [6.07, 6.45) is 3.67. The number of thiophene rings is 1. The van der Waals surface area contributed by atoms with E-state index in [1.807, 2.05) is 37.3 Å². The van der Waals surface area contributed by atoms with Gasteiger partial charge < -0.3 is 15.6 Å². The van der Waals surface area contributed by atoms with Crippen molar-refractivity contribution in [1.29, 1.82) is 0 Å². The minimum atomic E-state index is -0.518. The quantitative estimate of drug-likeness (QED) is 0.585. The van der Waals surface area contributed by atoms with Gasteiger partial charge in [0.25, 0.3) is 0 Å². The number of aryl methyl sites for hydroxylation is 1. The number of aliphatic hydroxyl groups excluding tert-OH is 1. The highest BCUT2D eigenvalue weighted by Gasteiger charge is 2.16. The van der Waals surface area contributed by atoms with E-state index in [9.17, 15) is 5.11 Å². The number of aliphatic hydroxyl groups is 1. The zero-order chi connectivity index (χ0) is 17.4. The van der Waals surface area contributed by atoms with E-state index in [0.29, 0.717) is 6.61 Å². The SMILES string of the molecule is CSc1ccc(OCC#Cc2ccc(CCC(C)(N)CO)s2)cc1. The molecule has 3 N–H and O–H groups in total. The second-order valence-corrected chi connectivity index (χ2v) is 7.89. The fourth-order valence-electron chi connectivity index (χ4n) is 1.98. The monoisotopic (exact) mass is 361 g/mol. The fourth-order valence-corrected chi connectivity index (χ4v) is 3.27. The number of hydrogen-bond acceptors (Lipinski definition) is 5. The maximum Gasteiger partial charge on any atom is 0.149 e. The first kappa shape index (κ1) is 18.9. The van der Waals surface area contributed by atoms with E-state index < -0.39 is 5.54 Å². The molecular weight excluding hydrogens is 338 g/mol. The first-order chi connectivity index (χ1) is 11.5. The lowest BCUT2D eigenvalue weighted by atomic mass is 9.98. The normalized spacial score (nSPS) is 13.0. The van der Waals surface area contributed by atoms with Crippen molar-refractivity contribution in [2.75, 3.05) is 19.5 Å². The summed E-state index contributed by atoms with van der Waals surface area (Å²) in [5.74, 6) is 7.01. The molecule has 1 aromatic heterocycles. The second-order valence-electron chi connectivity index (χ2n) is 5.84. The second kappa shape index (κ2) is 9.14. The maximum atomic E-state index is 9.18. The van der Waals surface area contributed by atoms with Crippen LogP contribution in [-0.2, 0) is 6.42 Å². The van der Waals surface area contributed by atoms with Crippen LogP contribution in [0.3, 0.4) is 0 Å². The van der Waals surface area contributed by atoms with Gasteiger partial charge in [0, 0.05) is 15.3 Å². The fraction of sp³-hybridized carbons (Fsp3) is 0.368. The molecule has 0 fully saturated rings. The summed E-state index contributed by atoms with van der Waals surface area (Å²) in [7, 11) is 0. The Balaban J connectivity index is 1.81. The van der Waals surface area contributed by atoms with Crippen LogP contribution in [-0.4, -0.2) is 30.1 Å². The summed E-state index contributed by atoms with van der Waals surface area (Å²) < 4.78 is 5.62. The van der Waals surface area contributed by atoms with Crippen LogP contribution in [0.1, 0.15) is 23.1 Å². The summed E-state index contributed by atoms with van der Waals surface area (Å²) in [6.45, 7) is 2.24. The lowest BCUT2D eigenvalue weighted by Gasteiger charge is -2.20. The van der Waals surface area contributed by atoms with Crippen molar-refractivity contribution >= 4 is 23.1 Å². The van der Waals surface area contributed by atoms with Gasteiger partial charge in [-0.1, -0.05) is 11.8 Å². The molecular formula is C19H23NO2S2. The van der Waals surface area contributed by atoms with Crippen LogP contribution in [0.15, 0.2) is 41.3 Å². The largest absolute Gasteiger partial charge is 0.481 e. The molecule has 128 valence electrons. The Morgan fingerprint density at radius 3 is 2.67 bits per heavy atom. The van der Waals surface area contributed by atoms with Gasteiger partial charge in [-0.3, -0.25) is 0 Å². The van der Waals surface area contributed by atoms with Crippen LogP contribution >= 0.6 is 23.1 Å². The molecule has 2 aromatic rings. The summed E-state index contributed by atoms with van der Waals surface area (Å²) in [5.41, 5.74) is 5.43. The molecule has 0 spiro atoms. The van der Waals surface area contributed by atoms with Crippen molar-refractivity contribution in [2.24, 2.45) is 5.73 Å². The molecule has 0 radical (unpaired) electrons. The van der Waals surface area contributed by atoms with Gasteiger partial charge in [-0.15, -0.1) is 23.1 Å². The van der Waals surface area contributed by atoms with Gasteiger partial charge in [-0.2, -0.15) is 0 Å². The summed E-state index contributed by atoms with van der Waals surface area (Å²) in [4.78, 5) is 3.47. The molecule has 1 atom stereocenters. The zero-order valence-corrected chi connectivity index (χ0v) is 15.7. The van der Waals surface area contributed by atoms with Crippen LogP contribution in [0.2, 0.25) is 0 Å². The smallest absolute Gasteiger partial charge is 0.149 e. The Bertz CT molecular complexity index is 696. The van der Waals surface area contributed by atoms with E-state index in [-0.39, 0.29) is 6.61 Å². The summed E-state index contributed by atoms with van der Waals surface area (Å²) in [6, 6.07) is 12.1. The Morgan fingerprint density at radius 2 is 2.00 bits per heavy atom. The third-order valence-electron chi connectivity index (χ3n) is 3.55. The highest BCUT2D eigenvalue weighted by atomic mass is 32.2. The molecule has 0 aliphatic carbocycles. The molecule has 0 aliphatic heterocycles. The number of benzene rings is 1. The molecule has 1 unspecified atom stereocenters. The predicted octanol–water partition coefficient (Wildman–Crippen LogP) is 3.54. The Morgan fingerprint density at radius 1 is 1.25 bits per heavy atom. The minimum absolute atomic E-state index is 0.000297. The van der Waals surface area contributed by atoms with E-state index in [0.717, 1.165) is 23.5 Å².